The van der Waals surface area contributed by atoms with Crippen LogP contribution < -0.4 is 5.32 Å². The van der Waals surface area contributed by atoms with Crippen LogP contribution in [0, 0.1) is 11.8 Å². The van der Waals surface area contributed by atoms with Crippen molar-refractivity contribution in [2.24, 2.45) is 11.8 Å². The van der Waals surface area contributed by atoms with Gasteiger partial charge >= 0.3 is 12.1 Å². The number of ether oxygens (including phenoxy) is 3. The molecule has 5 atom stereocenters. The van der Waals surface area contributed by atoms with Crippen LogP contribution in [0.15, 0.2) is 59.5 Å². The van der Waals surface area contributed by atoms with Gasteiger partial charge in [0.2, 0.25) is 10.0 Å². The molecule has 0 radical (unpaired) electrons. The van der Waals surface area contributed by atoms with Crippen molar-refractivity contribution < 1.29 is 42.4 Å². The topological polar surface area (TPSA) is 152 Å². The third-order valence-electron chi connectivity index (χ3n) is 7.01. The molecule has 2 saturated heterocycles. The van der Waals surface area contributed by atoms with Gasteiger partial charge in [-0.1, -0.05) is 44.2 Å². The zero-order valence-electron chi connectivity index (χ0n) is 22.5. The number of aromatic carboxylic acids is 1. The minimum atomic E-state index is -4.09. The second-order valence-electron chi connectivity index (χ2n) is 10.5. The first-order valence-corrected chi connectivity index (χ1v) is 14.7. The van der Waals surface area contributed by atoms with Crippen LogP contribution in [0.1, 0.15) is 36.2 Å². The molecule has 0 bridgehead atoms. The number of rotatable bonds is 12. The van der Waals surface area contributed by atoms with E-state index in [1.165, 1.54) is 24.3 Å². The predicted octanol–water partition coefficient (Wildman–Crippen LogP) is 2.49. The van der Waals surface area contributed by atoms with Gasteiger partial charge in [0.1, 0.15) is 6.10 Å². The molecular formula is C28H36N2O9S. The third-order valence-corrected chi connectivity index (χ3v) is 8.85. The molecule has 2 aliphatic heterocycles. The Kier molecular flexibility index (Phi) is 9.80. The van der Waals surface area contributed by atoms with Gasteiger partial charge in [-0.2, -0.15) is 4.31 Å². The number of sulfonamides is 1. The van der Waals surface area contributed by atoms with Crippen molar-refractivity contribution in [3.8, 4) is 0 Å². The third kappa shape index (κ3) is 7.38. The number of carboxylic acid groups (broad SMARTS) is 1. The molecule has 0 unspecified atom stereocenters. The second-order valence-corrected chi connectivity index (χ2v) is 12.5. The summed E-state index contributed by atoms with van der Waals surface area (Å²) >= 11 is 0. The quantitative estimate of drug-likeness (QED) is 0.346. The summed E-state index contributed by atoms with van der Waals surface area (Å²) in [6.07, 6.45) is -1.94. The van der Waals surface area contributed by atoms with E-state index in [1.807, 2.05) is 44.2 Å². The van der Waals surface area contributed by atoms with Crippen LogP contribution >= 0.6 is 0 Å². The van der Waals surface area contributed by atoms with Crippen LogP contribution in [-0.2, 0) is 30.7 Å². The highest BCUT2D eigenvalue weighted by molar-refractivity contribution is 7.89. The molecule has 1 amide bonds. The average molecular weight is 577 g/mol. The van der Waals surface area contributed by atoms with Crippen molar-refractivity contribution in [3.05, 3.63) is 65.7 Å². The van der Waals surface area contributed by atoms with Crippen LogP contribution in [0.5, 0.6) is 0 Å². The number of aliphatic hydroxyl groups excluding tert-OH is 1. The zero-order valence-corrected chi connectivity index (χ0v) is 23.3. The minimum absolute atomic E-state index is 0.0387. The Morgan fingerprint density at radius 3 is 2.42 bits per heavy atom. The first-order valence-electron chi connectivity index (χ1n) is 13.3. The fourth-order valence-electron chi connectivity index (χ4n) is 4.95. The highest BCUT2D eigenvalue weighted by Crippen LogP contribution is 2.33. The Bertz CT molecular complexity index is 1250. The molecule has 0 aliphatic carbocycles. The summed E-state index contributed by atoms with van der Waals surface area (Å²) in [5.41, 5.74) is 0.797. The van der Waals surface area contributed by atoms with Gasteiger partial charge in [0, 0.05) is 13.1 Å². The normalized spacial score (nSPS) is 22.2. The van der Waals surface area contributed by atoms with Gasteiger partial charge in [-0.25, -0.2) is 18.0 Å². The number of nitrogens with one attached hydrogen (secondary N) is 1. The molecule has 2 aromatic rings. The molecule has 0 aromatic heterocycles. The van der Waals surface area contributed by atoms with Crippen LogP contribution in [0.4, 0.5) is 4.79 Å². The molecule has 2 aliphatic rings. The Balaban J connectivity index is 1.51. The summed E-state index contributed by atoms with van der Waals surface area (Å²) in [4.78, 5) is 24.1. The number of benzene rings is 2. The van der Waals surface area contributed by atoms with Gasteiger partial charge < -0.3 is 29.7 Å². The number of fused-ring (bicyclic) bond motifs is 1. The lowest BCUT2D eigenvalue weighted by Gasteiger charge is -2.31. The molecule has 4 rings (SSSR count). The van der Waals surface area contributed by atoms with Gasteiger partial charge in [-0.05, 0) is 48.6 Å². The maximum Gasteiger partial charge on any atom is 0.407 e. The number of hydrogen-bond acceptors (Lipinski definition) is 8. The Morgan fingerprint density at radius 2 is 1.77 bits per heavy atom. The van der Waals surface area contributed by atoms with E-state index in [9.17, 15) is 23.1 Å². The number of carbonyl (C=O) groups is 2. The van der Waals surface area contributed by atoms with E-state index in [0.717, 1.165) is 9.87 Å². The molecule has 12 heteroatoms. The molecule has 2 aromatic carbocycles. The SMILES string of the molecule is CC(C)CN(C[C@@H](O)[C@H](Cc1ccccc1)NC(=O)O[C@H]1CO[C@H]2OCC[C@H]21)S(=O)(=O)c1ccc(C(=O)O)cc1. The lowest BCUT2D eigenvalue weighted by atomic mass is 10.0. The number of alkyl carbamates (subject to hydrolysis) is 1. The average Bonchev–Trinajstić information content (AvgIpc) is 3.53. The molecular weight excluding hydrogens is 540 g/mol. The van der Waals surface area contributed by atoms with Gasteiger partial charge in [0.25, 0.3) is 0 Å². The molecule has 0 spiro atoms. The standard InChI is InChI=1S/C28H36N2O9S/c1-18(2)15-30(40(35,36)21-10-8-20(9-11-21)26(32)33)16-24(31)23(14-19-6-4-3-5-7-19)29-28(34)39-25-17-38-27-22(25)12-13-37-27/h3-11,18,22-25,27,31H,12-17H2,1-2H3,(H,29,34)(H,32,33)/t22-,23-,24+,25-,27+/m0/s1. The van der Waals surface area contributed by atoms with E-state index < -0.39 is 40.3 Å². The molecule has 3 N–H and O–H groups in total. The maximum atomic E-state index is 13.6. The van der Waals surface area contributed by atoms with Gasteiger partial charge in [0.05, 0.1) is 41.7 Å². The van der Waals surface area contributed by atoms with Crippen molar-refractivity contribution in [2.45, 2.75) is 56.1 Å². The van der Waals surface area contributed by atoms with Crippen LogP contribution in [-0.4, -0.2) is 85.8 Å². The van der Waals surface area contributed by atoms with Crippen molar-refractivity contribution >= 4 is 22.1 Å². The fraction of sp³-hybridized carbons (Fsp3) is 0.500. The first kappa shape index (κ1) is 29.9. The monoisotopic (exact) mass is 576 g/mol. The molecule has 0 saturated carbocycles. The van der Waals surface area contributed by atoms with Crippen molar-refractivity contribution in [1.82, 2.24) is 9.62 Å². The number of hydrogen-bond donors (Lipinski definition) is 3. The summed E-state index contributed by atoms with van der Waals surface area (Å²) in [6.45, 7) is 4.25. The van der Waals surface area contributed by atoms with Crippen molar-refractivity contribution in [2.75, 3.05) is 26.3 Å². The first-order chi connectivity index (χ1) is 19.0. The van der Waals surface area contributed by atoms with E-state index >= 15 is 0 Å². The van der Waals surface area contributed by atoms with Gasteiger partial charge in [0.15, 0.2) is 6.29 Å². The molecule has 2 fully saturated rings. The lowest BCUT2D eigenvalue weighted by molar-refractivity contribution is -0.0907. The smallest absolute Gasteiger partial charge is 0.407 e. The molecule has 11 nitrogen and oxygen atoms in total. The van der Waals surface area contributed by atoms with Gasteiger partial charge in [-0.3, -0.25) is 0 Å². The number of carboxylic acids is 1. The van der Waals surface area contributed by atoms with Crippen LogP contribution in [0.25, 0.3) is 0 Å². The summed E-state index contributed by atoms with van der Waals surface area (Å²) in [5, 5.41) is 23.3. The summed E-state index contributed by atoms with van der Waals surface area (Å²) in [7, 11) is -4.09. The van der Waals surface area contributed by atoms with Crippen molar-refractivity contribution in [3.63, 3.8) is 0 Å². The number of carbonyl (C=O) groups excluding carboxylic acids is 1. The van der Waals surface area contributed by atoms with E-state index in [2.05, 4.69) is 5.32 Å². The molecule has 40 heavy (non-hydrogen) atoms. The second kappa shape index (κ2) is 13.1. The predicted molar refractivity (Wildman–Crippen MR) is 144 cm³/mol. The minimum Gasteiger partial charge on any atom is -0.478 e. The molecule has 2 heterocycles. The van der Waals surface area contributed by atoms with Crippen LogP contribution in [0.3, 0.4) is 0 Å². The number of nitrogens with zero attached hydrogens (tertiary/aromatic N) is 1. The zero-order chi connectivity index (χ0) is 28.9. The summed E-state index contributed by atoms with van der Waals surface area (Å²) in [5.74, 6) is -1.29. The molecule has 218 valence electrons. The largest absolute Gasteiger partial charge is 0.478 e. The summed E-state index contributed by atoms with van der Waals surface area (Å²) in [6, 6.07) is 13.3. The fourth-order valence-corrected chi connectivity index (χ4v) is 6.58. The van der Waals surface area contributed by atoms with E-state index in [1.54, 1.807) is 0 Å². The number of amides is 1. The van der Waals surface area contributed by atoms with E-state index in [4.69, 9.17) is 19.3 Å². The van der Waals surface area contributed by atoms with Crippen molar-refractivity contribution in [1.29, 1.82) is 0 Å². The Hall–Kier alpha value is -3.03. The lowest BCUT2D eigenvalue weighted by Crippen LogP contribution is -2.51. The van der Waals surface area contributed by atoms with Gasteiger partial charge in [-0.15, -0.1) is 0 Å². The van der Waals surface area contributed by atoms with E-state index in [-0.39, 0.29) is 54.7 Å². The Morgan fingerprint density at radius 1 is 1.07 bits per heavy atom. The highest BCUT2D eigenvalue weighted by atomic mass is 32.2. The van der Waals surface area contributed by atoms with Crippen LogP contribution in [0.2, 0.25) is 0 Å². The Labute approximate surface area is 234 Å². The highest BCUT2D eigenvalue weighted by Gasteiger charge is 2.44. The maximum absolute atomic E-state index is 13.6. The summed E-state index contributed by atoms with van der Waals surface area (Å²) < 4.78 is 44.9. The number of aliphatic hydroxyl groups is 1. The van der Waals surface area contributed by atoms with E-state index in [0.29, 0.717) is 13.0 Å².